The number of rotatable bonds is 4. The van der Waals surface area contributed by atoms with Crippen LogP contribution in [-0.2, 0) is 9.53 Å². The van der Waals surface area contributed by atoms with Gasteiger partial charge in [-0.05, 0) is 22.4 Å². The molecule has 3 rings (SSSR count). The maximum Gasteiger partial charge on any atom is 0.305 e. The minimum atomic E-state index is -0.753. The molecule has 2 aromatic rings. The van der Waals surface area contributed by atoms with Gasteiger partial charge in [0.2, 0.25) is 0 Å². The van der Waals surface area contributed by atoms with Gasteiger partial charge in [0.05, 0.1) is 19.6 Å². The van der Waals surface area contributed by atoms with Gasteiger partial charge in [0.15, 0.2) is 0 Å². The minimum Gasteiger partial charge on any atom is -0.481 e. The van der Waals surface area contributed by atoms with E-state index in [1.54, 1.807) is 11.3 Å². The molecule has 1 saturated heterocycles. The molecule has 1 N–H and O–H groups in total. The van der Waals surface area contributed by atoms with E-state index in [0.29, 0.717) is 13.2 Å². The Bertz CT molecular complexity index is 604. The third-order valence-corrected chi connectivity index (χ3v) is 4.71. The summed E-state index contributed by atoms with van der Waals surface area (Å²) in [5.74, 6) is -0.753. The van der Waals surface area contributed by atoms with Gasteiger partial charge < -0.3 is 9.84 Å². The number of aliphatic carboxylic acids is 1. The van der Waals surface area contributed by atoms with E-state index < -0.39 is 5.97 Å². The van der Waals surface area contributed by atoms with Crippen LogP contribution in [-0.4, -0.2) is 42.3 Å². The lowest BCUT2D eigenvalue weighted by Crippen LogP contribution is -2.39. The first-order valence-electron chi connectivity index (χ1n) is 6.75. The highest BCUT2D eigenvalue weighted by molar-refractivity contribution is 7.17. The fourth-order valence-corrected chi connectivity index (χ4v) is 3.75. The van der Waals surface area contributed by atoms with Gasteiger partial charge in [0.1, 0.15) is 0 Å². The van der Waals surface area contributed by atoms with E-state index in [1.807, 2.05) is 12.1 Å². The number of carboxylic acids is 1. The molecule has 1 atom stereocenters. The molecule has 20 heavy (non-hydrogen) atoms. The fourth-order valence-electron chi connectivity index (χ4n) is 2.75. The van der Waals surface area contributed by atoms with Gasteiger partial charge in [0.25, 0.3) is 0 Å². The van der Waals surface area contributed by atoms with Crippen molar-refractivity contribution in [3.63, 3.8) is 0 Å². The van der Waals surface area contributed by atoms with Crippen molar-refractivity contribution in [3.8, 4) is 0 Å². The Morgan fingerprint density at radius 1 is 1.35 bits per heavy atom. The second-order valence-electron chi connectivity index (χ2n) is 4.95. The highest BCUT2D eigenvalue weighted by Gasteiger charge is 2.26. The van der Waals surface area contributed by atoms with Crippen LogP contribution >= 0.6 is 11.3 Å². The van der Waals surface area contributed by atoms with Crippen molar-refractivity contribution in [1.82, 2.24) is 4.90 Å². The van der Waals surface area contributed by atoms with E-state index in [0.717, 1.165) is 18.7 Å². The number of hydrogen-bond donors (Lipinski definition) is 1. The summed E-state index contributed by atoms with van der Waals surface area (Å²) >= 11 is 1.68. The molecular weight excluding hydrogens is 274 g/mol. The standard InChI is InChI=1S/C15H17NO3S/c17-15(18)9-13(16-5-7-19-8-6-16)12-10-20-14-4-2-1-3-11(12)14/h1-4,10,13H,5-9H2,(H,17,18). The Labute approximate surface area is 121 Å². The Morgan fingerprint density at radius 3 is 2.85 bits per heavy atom. The van der Waals surface area contributed by atoms with Gasteiger partial charge in [-0.15, -0.1) is 11.3 Å². The lowest BCUT2D eigenvalue weighted by atomic mass is 10.0. The molecule has 5 heteroatoms. The lowest BCUT2D eigenvalue weighted by Gasteiger charge is -2.33. The molecule has 1 aromatic heterocycles. The van der Waals surface area contributed by atoms with Crippen molar-refractivity contribution in [2.75, 3.05) is 26.3 Å². The first kappa shape index (κ1) is 13.5. The molecule has 106 valence electrons. The van der Waals surface area contributed by atoms with Crippen molar-refractivity contribution in [3.05, 3.63) is 35.2 Å². The molecule has 0 radical (unpaired) electrons. The number of fused-ring (bicyclic) bond motifs is 1. The Hall–Kier alpha value is -1.43. The van der Waals surface area contributed by atoms with Crippen molar-refractivity contribution >= 4 is 27.4 Å². The average molecular weight is 291 g/mol. The average Bonchev–Trinajstić information content (AvgIpc) is 2.89. The summed E-state index contributed by atoms with van der Waals surface area (Å²) in [6.45, 7) is 2.95. The van der Waals surface area contributed by atoms with Crippen molar-refractivity contribution < 1.29 is 14.6 Å². The summed E-state index contributed by atoms with van der Waals surface area (Å²) in [6.07, 6.45) is 0.140. The van der Waals surface area contributed by atoms with E-state index in [1.165, 1.54) is 10.1 Å². The number of carbonyl (C=O) groups is 1. The maximum absolute atomic E-state index is 11.2. The number of thiophene rings is 1. The Morgan fingerprint density at radius 2 is 2.10 bits per heavy atom. The van der Waals surface area contributed by atoms with Gasteiger partial charge >= 0.3 is 5.97 Å². The molecular formula is C15H17NO3S. The second-order valence-corrected chi connectivity index (χ2v) is 5.86. The molecule has 0 amide bonds. The van der Waals surface area contributed by atoms with E-state index in [2.05, 4.69) is 22.4 Å². The molecule has 0 bridgehead atoms. The molecule has 1 unspecified atom stereocenters. The number of morpholine rings is 1. The smallest absolute Gasteiger partial charge is 0.305 e. The molecule has 1 aliphatic heterocycles. The predicted molar refractivity (Wildman–Crippen MR) is 79.2 cm³/mol. The molecule has 0 aliphatic carbocycles. The van der Waals surface area contributed by atoms with Crippen LogP contribution < -0.4 is 0 Å². The summed E-state index contributed by atoms with van der Waals surface area (Å²) in [7, 11) is 0. The van der Waals surface area contributed by atoms with Crippen LogP contribution in [0.3, 0.4) is 0 Å². The molecule has 1 fully saturated rings. The van der Waals surface area contributed by atoms with Crippen LogP contribution in [0.4, 0.5) is 0 Å². The van der Waals surface area contributed by atoms with Crippen LogP contribution in [0.2, 0.25) is 0 Å². The van der Waals surface area contributed by atoms with E-state index in [4.69, 9.17) is 4.74 Å². The number of nitrogens with zero attached hydrogens (tertiary/aromatic N) is 1. The van der Waals surface area contributed by atoms with Gasteiger partial charge in [-0.25, -0.2) is 0 Å². The van der Waals surface area contributed by atoms with Crippen LogP contribution in [0.1, 0.15) is 18.0 Å². The maximum atomic E-state index is 11.2. The fraction of sp³-hybridized carbons (Fsp3) is 0.400. The van der Waals surface area contributed by atoms with Crippen molar-refractivity contribution in [2.45, 2.75) is 12.5 Å². The lowest BCUT2D eigenvalue weighted by molar-refractivity contribution is -0.139. The number of carboxylic acid groups (broad SMARTS) is 1. The second kappa shape index (κ2) is 5.91. The first-order chi connectivity index (χ1) is 9.75. The van der Waals surface area contributed by atoms with E-state index in [9.17, 15) is 9.90 Å². The van der Waals surface area contributed by atoms with E-state index in [-0.39, 0.29) is 12.5 Å². The molecule has 1 aromatic carbocycles. The molecule has 2 heterocycles. The Balaban J connectivity index is 1.97. The summed E-state index contributed by atoms with van der Waals surface area (Å²) in [4.78, 5) is 13.5. The highest BCUT2D eigenvalue weighted by atomic mass is 32.1. The van der Waals surface area contributed by atoms with Gasteiger partial charge in [-0.2, -0.15) is 0 Å². The zero-order valence-electron chi connectivity index (χ0n) is 11.1. The van der Waals surface area contributed by atoms with Crippen LogP contribution in [0.15, 0.2) is 29.6 Å². The topological polar surface area (TPSA) is 49.8 Å². The normalized spacial score (nSPS) is 18.2. The highest BCUT2D eigenvalue weighted by Crippen LogP contribution is 2.35. The number of hydrogen-bond acceptors (Lipinski definition) is 4. The molecule has 0 spiro atoms. The minimum absolute atomic E-state index is 0.0625. The Kier molecular flexibility index (Phi) is 4.00. The third kappa shape index (κ3) is 2.70. The van der Waals surface area contributed by atoms with E-state index >= 15 is 0 Å². The number of benzene rings is 1. The molecule has 0 saturated carbocycles. The van der Waals surface area contributed by atoms with Crippen LogP contribution in [0.5, 0.6) is 0 Å². The summed E-state index contributed by atoms with van der Waals surface area (Å²) in [6, 6.07) is 8.13. The van der Waals surface area contributed by atoms with Crippen LogP contribution in [0.25, 0.3) is 10.1 Å². The largest absolute Gasteiger partial charge is 0.481 e. The number of ether oxygens (including phenoxy) is 1. The zero-order chi connectivity index (χ0) is 13.9. The summed E-state index contributed by atoms with van der Waals surface area (Å²) < 4.78 is 6.59. The first-order valence-corrected chi connectivity index (χ1v) is 7.63. The van der Waals surface area contributed by atoms with Gasteiger partial charge in [-0.1, -0.05) is 18.2 Å². The zero-order valence-corrected chi connectivity index (χ0v) is 11.9. The summed E-state index contributed by atoms with van der Waals surface area (Å²) in [5.41, 5.74) is 1.13. The quantitative estimate of drug-likeness (QED) is 0.941. The van der Waals surface area contributed by atoms with Gasteiger partial charge in [0, 0.05) is 23.8 Å². The summed E-state index contributed by atoms with van der Waals surface area (Å²) in [5, 5.41) is 12.5. The predicted octanol–water partition coefficient (Wildman–Crippen LogP) is 2.75. The third-order valence-electron chi connectivity index (χ3n) is 3.72. The molecule has 4 nitrogen and oxygen atoms in total. The van der Waals surface area contributed by atoms with Crippen molar-refractivity contribution in [1.29, 1.82) is 0 Å². The van der Waals surface area contributed by atoms with Crippen LogP contribution in [0, 0.1) is 0 Å². The van der Waals surface area contributed by atoms with Gasteiger partial charge in [-0.3, -0.25) is 9.69 Å². The van der Waals surface area contributed by atoms with Crippen molar-refractivity contribution in [2.24, 2.45) is 0 Å². The molecule has 1 aliphatic rings. The monoisotopic (exact) mass is 291 g/mol. The SMILES string of the molecule is O=C(O)CC(c1csc2ccccc12)N1CCOCC1.